The number of piperazine rings is 1. The molecule has 0 aromatic heterocycles. The van der Waals surface area contributed by atoms with E-state index in [1.54, 1.807) is 12.1 Å². The highest BCUT2D eigenvalue weighted by molar-refractivity contribution is 5.90. The van der Waals surface area contributed by atoms with Crippen molar-refractivity contribution in [2.24, 2.45) is 0 Å². The van der Waals surface area contributed by atoms with E-state index in [2.05, 4.69) is 17.1 Å². The highest BCUT2D eigenvalue weighted by atomic mass is 16.5. The summed E-state index contributed by atoms with van der Waals surface area (Å²) in [5, 5.41) is 2.96. The molecule has 146 valence electrons. The predicted octanol–water partition coefficient (Wildman–Crippen LogP) is 3.05. The van der Waals surface area contributed by atoms with Gasteiger partial charge in [0.05, 0.1) is 25.5 Å². The maximum absolute atomic E-state index is 12.6. The molecule has 1 aliphatic rings. The fourth-order valence-corrected chi connectivity index (χ4v) is 2.93. The van der Waals surface area contributed by atoms with Gasteiger partial charge >= 0.3 is 6.03 Å². The molecule has 2 rings (SSSR count). The van der Waals surface area contributed by atoms with Crippen molar-refractivity contribution in [3.63, 3.8) is 0 Å². The van der Waals surface area contributed by atoms with Crippen LogP contribution in [-0.4, -0.2) is 68.4 Å². The van der Waals surface area contributed by atoms with E-state index in [0.717, 1.165) is 32.7 Å². The van der Waals surface area contributed by atoms with Gasteiger partial charge in [-0.15, -0.1) is 0 Å². The molecule has 1 fully saturated rings. The quantitative estimate of drug-likeness (QED) is 0.767. The number of amides is 2. The smallest absolute Gasteiger partial charge is 0.321 e. The van der Waals surface area contributed by atoms with Crippen LogP contribution in [0.4, 0.5) is 10.5 Å². The van der Waals surface area contributed by atoms with Crippen molar-refractivity contribution in [3.8, 4) is 17.2 Å². The first kappa shape index (κ1) is 20.2. The van der Waals surface area contributed by atoms with Crippen LogP contribution in [0, 0.1) is 0 Å². The Morgan fingerprint density at radius 2 is 1.46 bits per heavy atom. The van der Waals surface area contributed by atoms with Crippen LogP contribution in [0.3, 0.4) is 0 Å². The fraction of sp³-hybridized carbons (Fsp3) is 0.632. The van der Waals surface area contributed by atoms with Gasteiger partial charge in [-0.05, 0) is 27.3 Å². The van der Waals surface area contributed by atoms with E-state index >= 15 is 0 Å². The van der Waals surface area contributed by atoms with Crippen molar-refractivity contribution < 1.29 is 19.0 Å². The van der Waals surface area contributed by atoms with Crippen molar-refractivity contribution in [2.45, 2.75) is 27.7 Å². The van der Waals surface area contributed by atoms with Crippen LogP contribution in [0.1, 0.15) is 27.7 Å². The summed E-state index contributed by atoms with van der Waals surface area (Å²) in [6, 6.07) is 3.48. The lowest BCUT2D eigenvalue weighted by Gasteiger charge is -2.34. The number of nitrogens with zero attached hydrogens (tertiary/aromatic N) is 2. The molecule has 1 aliphatic heterocycles. The molecule has 7 nitrogen and oxygen atoms in total. The van der Waals surface area contributed by atoms with Crippen LogP contribution in [0.5, 0.6) is 17.2 Å². The van der Waals surface area contributed by atoms with Gasteiger partial charge in [-0.25, -0.2) is 4.79 Å². The lowest BCUT2D eigenvalue weighted by molar-refractivity contribution is 0.151. The Morgan fingerprint density at radius 3 is 1.92 bits per heavy atom. The molecule has 1 saturated heterocycles. The van der Waals surface area contributed by atoms with Gasteiger partial charge in [-0.1, -0.05) is 6.92 Å². The molecule has 2 amide bonds. The third kappa shape index (κ3) is 5.17. The summed E-state index contributed by atoms with van der Waals surface area (Å²) >= 11 is 0. The fourth-order valence-electron chi connectivity index (χ4n) is 2.93. The Bertz CT molecular complexity index is 559. The molecule has 1 N–H and O–H groups in total. The number of urea groups is 1. The number of benzene rings is 1. The minimum Gasteiger partial charge on any atom is -0.490 e. The Labute approximate surface area is 156 Å². The molecule has 0 saturated carbocycles. The molecule has 0 aliphatic carbocycles. The number of carbonyl (C=O) groups is 1. The number of nitrogens with one attached hydrogen (secondary N) is 1. The zero-order valence-electron chi connectivity index (χ0n) is 16.3. The highest BCUT2D eigenvalue weighted by Gasteiger charge is 2.21. The zero-order chi connectivity index (χ0) is 18.9. The maximum atomic E-state index is 12.6. The van der Waals surface area contributed by atoms with E-state index in [-0.39, 0.29) is 6.03 Å². The first-order valence-corrected chi connectivity index (χ1v) is 9.47. The molecule has 0 unspecified atom stereocenters. The molecule has 0 atom stereocenters. The monoisotopic (exact) mass is 365 g/mol. The van der Waals surface area contributed by atoms with Crippen molar-refractivity contribution >= 4 is 11.7 Å². The van der Waals surface area contributed by atoms with Crippen LogP contribution in [-0.2, 0) is 0 Å². The van der Waals surface area contributed by atoms with Gasteiger partial charge in [-0.2, -0.15) is 0 Å². The van der Waals surface area contributed by atoms with E-state index in [4.69, 9.17) is 14.2 Å². The summed E-state index contributed by atoms with van der Waals surface area (Å²) < 4.78 is 17.1. The van der Waals surface area contributed by atoms with Crippen molar-refractivity contribution in [1.82, 2.24) is 9.80 Å². The summed E-state index contributed by atoms with van der Waals surface area (Å²) in [7, 11) is 0. The second kappa shape index (κ2) is 10.1. The predicted molar refractivity (Wildman–Crippen MR) is 103 cm³/mol. The number of hydrogen-bond acceptors (Lipinski definition) is 5. The third-order valence-electron chi connectivity index (χ3n) is 4.27. The van der Waals surface area contributed by atoms with Crippen molar-refractivity contribution in [1.29, 1.82) is 0 Å². The average Bonchev–Trinajstić information content (AvgIpc) is 2.65. The normalized spacial score (nSPS) is 14.8. The van der Waals surface area contributed by atoms with Gasteiger partial charge in [0.1, 0.15) is 0 Å². The molecule has 1 heterocycles. The molecule has 0 spiro atoms. The van der Waals surface area contributed by atoms with Crippen molar-refractivity contribution in [3.05, 3.63) is 12.1 Å². The Morgan fingerprint density at radius 1 is 0.923 bits per heavy atom. The van der Waals surface area contributed by atoms with Gasteiger partial charge in [0.2, 0.25) is 5.75 Å². The van der Waals surface area contributed by atoms with Gasteiger partial charge < -0.3 is 29.3 Å². The van der Waals surface area contributed by atoms with Crippen LogP contribution < -0.4 is 19.5 Å². The molecule has 1 aromatic rings. The molecule has 0 bridgehead atoms. The molecule has 0 radical (unpaired) electrons. The minimum absolute atomic E-state index is 0.102. The number of hydrogen-bond donors (Lipinski definition) is 1. The van der Waals surface area contributed by atoms with E-state index in [9.17, 15) is 4.79 Å². The lowest BCUT2D eigenvalue weighted by atomic mass is 10.2. The van der Waals surface area contributed by atoms with E-state index in [1.165, 1.54) is 0 Å². The van der Waals surface area contributed by atoms with E-state index < -0.39 is 0 Å². The largest absolute Gasteiger partial charge is 0.490 e. The second-order valence-electron chi connectivity index (χ2n) is 5.95. The first-order valence-electron chi connectivity index (χ1n) is 9.47. The molecular formula is C19H31N3O4. The summed E-state index contributed by atoms with van der Waals surface area (Å²) in [5.41, 5.74) is 0.642. The minimum atomic E-state index is -0.102. The zero-order valence-corrected chi connectivity index (χ0v) is 16.3. The summed E-state index contributed by atoms with van der Waals surface area (Å²) in [6.45, 7) is 13.7. The highest BCUT2D eigenvalue weighted by Crippen LogP contribution is 2.40. The van der Waals surface area contributed by atoms with E-state index in [0.29, 0.717) is 42.8 Å². The van der Waals surface area contributed by atoms with Crippen LogP contribution >= 0.6 is 0 Å². The molecular weight excluding hydrogens is 334 g/mol. The van der Waals surface area contributed by atoms with Crippen LogP contribution in [0.15, 0.2) is 12.1 Å². The third-order valence-corrected chi connectivity index (χ3v) is 4.27. The number of likely N-dealkylation sites (N-methyl/N-ethyl adjacent to an activating group) is 1. The number of carbonyl (C=O) groups excluding carboxylic acids is 1. The topological polar surface area (TPSA) is 63.3 Å². The van der Waals surface area contributed by atoms with Crippen LogP contribution in [0.25, 0.3) is 0 Å². The molecule has 7 heteroatoms. The summed E-state index contributed by atoms with van der Waals surface area (Å²) in [6.07, 6.45) is 0. The van der Waals surface area contributed by atoms with E-state index in [1.807, 2.05) is 25.7 Å². The molecule has 1 aromatic carbocycles. The Kier molecular flexibility index (Phi) is 7.84. The van der Waals surface area contributed by atoms with Gasteiger partial charge in [0, 0.05) is 38.3 Å². The van der Waals surface area contributed by atoms with Crippen LogP contribution in [0.2, 0.25) is 0 Å². The standard InChI is InChI=1S/C19H31N3O4/c1-5-21-9-11-22(12-10-21)19(23)20-15-13-16(24-6-2)18(26-8-4)17(14-15)25-7-3/h13-14H,5-12H2,1-4H3,(H,20,23). The first-order chi connectivity index (χ1) is 12.6. The lowest BCUT2D eigenvalue weighted by Crippen LogP contribution is -2.49. The maximum Gasteiger partial charge on any atom is 0.321 e. The SMILES string of the molecule is CCOc1cc(NC(=O)N2CCN(CC)CC2)cc(OCC)c1OCC. The second-order valence-corrected chi connectivity index (χ2v) is 5.95. The van der Waals surface area contributed by atoms with Gasteiger partial charge in [0.25, 0.3) is 0 Å². The number of anilines is 1. The van der Waals surface area contributed by atoms with Gasteiger partial charge in [-0.3, -0.25) is 0 Å². The summed E-state index contributed by atoms with van der Waals surface area (Å²) in [5.74, 6) is 1.73. The summed E-state index contributed by atoms with van der Waals surface area (Å²) in [4.78, 5) is 16.8. The molecule has 26 heavy (non-hydrogen) atoms. The Balaban J connectivity index is 2.16. The number of ether oxygens (including phenoxy) is 3. The Hall–Kier alpha value is -2.15. The average molecular weight is 365 g/mol. The van der Waals surface area contributed by atoms with Gasteiger partial charge in [0.15, 0.2) is 11.5 Å². The number of rotatable bonds is 8. The van der Waals surface area contributed by atoms with Crippen molar-refractivity contribution in [2.75, 3.05) is 57.9 Å².